The zero-order chi connectivity index (χ0) is 12.9. The lowest BCUT2D eigenvalue weighted by molar-refractivity contribution is -0.192. The molecule has 0 aromatic carbocycles. The smallest absolute Gasteiger partial charge is 0.475 e. The van der Waals surface area contributed by atoms with Crippen LogP contribution in [0.15, 0.2) is 11.4 Å². The van der Waals surface area contributed by atoms with Crippen LogP contribution in [0.4, 0.5) is 13.2 Å². The predicted molar refractivity (Wildman–Crippen MR) is 51.3 cm³/mol. The highest BCUT2D eigenvalue weighted by Crippen LogP contribution is 2.13. The number of rotatable bonds is 1. The van der Waals surface area contributed by atoms with Crippen molar-refractivity contribution < 1.29 is 27.9 Å². The Hall–Kier alpha value is -1.57. The normalized spacial score (nSPS) is 10.2. The highest BCUT2D eigenvalue weighted by Gasteiger charge is 2.38. The Morgan fingerprint density at radius 2 is 1.88 bits per heavy atom. The molecule has 8 heteroatoms. The van der Waals surface area contributed by atoms with Crippen molar-refractivity contribution in [2.45, 2.75) is 13.1 Å². The molecule has 1 rings (SSSR count). The van der Waals surface area contributed by atoms with Gasteiger partial charge in [-0.3, -0.25) is 4.79 Å². The molecule has 0 radical (unpaired) electrons. The number of carbonyl (C=O) groups excluding carboxylic acids is 1. The van der Waals surface area contributed by atoms with Gasteiger partial charge in [0.05, 0.1) is 4.88 Å². The standard InChI is InChI=1S/C6H7NOS.C2HF3O2/c1-4-2-3-9-5(4)6(7)8;3-2(4,5)1(6)7/h2-3H,1H3,(H2,7,8);(H,6,7). The molecule has 90 valence electrons. The van der Waals surface area contributed by atoms with Crippen LogP contribution in [-0.4, -0.2) is 23.2 Å². The van der Waals surface area contributed by atoms with Crippen molar-refractivity contribution in [2.24, 2.45) is 5.73 Å². The van der Waals surface area contributed by atoms with Crippen LogP contribution in [-0.2, 0) is 4.79 Å². The fraction of sp³-hybridized carbons (Fsp3) is 0.250. The molecule has 1 aromatic heterocycles. The molecule has 4 nitrogen and oxygen atoms in total. The SMILES string of the molecule is Cc1ccsc1C(N)=O.O=C(O)C(F)(F)F. The lowest BCUT2D eigenvalue weighted by Gasteiger charge is -1.93. The Morgan fingerprint density at radius 3 is 2.00 bits per heavy atom. The molecule has 0 bridgehead atoms. The molecule has 0 saturated heterocycles. The van der Waals surface area contributed by atoms with Crippen molar-refractivity contribution in [1.82, 2.24) is 0 Å². The minimum Gasteiger partial charge on any atom is -0.475 e. The van der Waals surface area contributed by atoms with Crippen LogP contribution in [0.1, 0.15) is 15.2 Å². The quantitative estimate of drug-likeness (QED) is 0.802. The third-order valence-corrected chi connectivity index (χ3v) is 2.36. The second-order valence-electron chi connectivity index (χ2n) is 2.60. The highest BCUT2D eigenvalue weighted by molar-refractivity contribution is 7.12. The van der Waals surface area contributed by atoms with E-state index < -0.39 is 12.1 Å². The maximum Gasteiger partial charge on any atom is 0.490 e. The molecule has 0 aliphatic rings. The molecule has 1 aromatic rings. The number of carbonyl (C=O) groups is 2. The molecule has 0 atom stereocenters. The largest absolute Gasteiger partial charge is 0.490 e. The summed E-state index contributed by atoms with van der Waals surface area (Å²) in [4.78, 5) is 20.1. The van der Waals surface area contributed by atoms with E-state index in [0.717, 1.165) is 5.56 Å². The van der Waals surface area contributed by atoms with Crippen molar-refractivity contribution in [3.05, 3.63) is 21.9 Å². The Morgan fingerprint density at radius 1 is 1.44 bits per heavy atom. The van der Waals surface area contributed by atoms with Crippen LogP contribution >= 0.6 is 11.3 Å². The predicted octanol–water partition coefficient (Wildman–Crippen LogP) is 1.79. The number of nitrogens with two attached hydrogens (primary N) is 1. The number of carboxylic acids is 1. The molecular weight excluding hydrogens is 247 g/mol. The lowest BCUT2D eigenvalue weighted by atomic mass is 10.3. The number of amides is 1. The Labute approximate surface area is 92.5 Å². The van der Waals surface area contributed by atoms with Crippen LogP contribution < -0.4 is 5.73 Å². The van der Waals surface area contributed by atoms with Gasteiger partial charge in [-0.15, -0.1) is 11.3 Å². The molecule has 1 amide bonds. The Balaban J connectivity index is 0.000000293. The summed E-state index contributed by atoms with van der Waals surface area (Å²) in [6.07, 6.45) is -5.08. The fourth-order valence-corrected chi connectivity index (χ4v) is 1.40. The average molecular weight is 255 g/mol. The van der Waals surface area contributed by atoms with E-state index >= 15 is 0 Å². The van der Waals surface area contributed by atoms with E-state index in [4.69, 9.17) is 15.6 Å². The maximum absolute atomic E-state index is 10.6. The van der Waals surface area contributed by atoms with Crippen LogP contribution in [0.5, 0.6) is 0 Å². The minimum absolute atomic E-state index is 0.331. The topological polar surface area (TPSA) is 80.4 Å². The summed E-state index contributed by atoms with van der Waals surface area (Å²) in [6.45, 7) is 1.87. The van der Waals surface area contributed by atoms with Crippen LogP contribution in [0.3, 0.4) is 0 Å². The van der Waals surface area contributed by atoms with Gasteiger partial charge in [-0.1, -0.05) is 0 Å². The van der Waals surface area contributed by atoms with Crippen LogP contribution in [0, 0.1) is 6.92 Å². The van der Waals surface area contributed by atoms with E-state index in [2.05, 4.69) is 0 Å². The number of aryl methyl sites for hydroxylation is 1. The minimum atomic E-state index is -5.08. The van der Waals surface area contributed by atoms with E-state index in [1.54, 1.807) is 0 Å². The number of thiophene rings is 1. The summed E-state index contributed by atoms with van der Waals surface area (Å²) >= 11 is 1.38. The molecule has 0 unspecified atom stereocenters. The molecule has 3 N–H and O–H groups in total. The number of hydrogen-bond donors (Lipinski definition) is 2. The van der Waals surface area contributed by atoms with E-state index in [1.807, 2.05) is 18.4 Å². The van der Waals surface area contributed by atoms with Crippen LogP contribution in [0.25, 0.3) is 0 Å². The molecule has 0 fully saturated rings. The van der Waals surface area contributed by atoms with Crippen LogP contribution in [0.2, 0.25) is 0 Å². The summed E-state index contributed by atoms with van der Waals surface area (Å²) in [7, 11) is 0. The molecule has 0 saturated carbocycles. The zero-order valence-corrected chi connectivity index (χ0v) is 8.85. The van der Waals surface area contributed by atoms with Gasteiger partial charge in [0.2, 0.25) is 0 Å². The summed E-state index contributed by atoms with van der Waals surface area (Å²) in [6, 6.07) is 1.88. The first-order valence-corrected chi connectivity index (χ1v) is 4.68. The fourth-order valence-electron chi connectivity index (χ4n) is 0.625. The van der Waals surface area contributed by atoms with E-state index in [-0.39, 0.29) is 5.91 Å². The summed E-state index contributed by atoms with van der Waals surface area (Å²) in [5, 5.41) is 8.98. The van der Waals surface area contributed by atoms with Crippen molar-refractivity contribution in [3.63, 3.8) is 0 Å². The third kappa shape index (κ3) is 4.78. The average Bonchev–Trinajstić information content (AvgIpc) is 2.50. The Bertz CT molecular complexity index is 386. The van der Waals surface area contributed by atoms with Crippen molar-refractivity contribution in [2.75, 3.05) is 0 Å². The maximum atomic E-state index is 10.6. The molecular formula is C8H8F3NO3S. The monoisotopic (exact) mass is 255 g/mol. The second kappa shape index (κ2) is 5.50. The third-order valence-electron chi connectivity index (χ3n) is 1.33. The van der Waals surface area contributed by atoms with Gasteiger partial charge in [0.1, 0.15) is 0 Å². The number of primary amides is 1. The van der Waals surface area contributed by atoms with Gasteiger partial charge in [0.15, 0.2) is 0 Å². The number of hydrogen-bond acceptors (Lipinski definition) is 3. The van der Waals surface area contributed by atoms with Gasteiger partial charge in [-0.2, -0.15) is 13.2 Å². The van der Waals surface area contributed by atoms with Crippen molar-refractivity contribution >= 4 is 23.2 Å². The first-order valence-electron chi connectivity index (χ1n) is 3.80. The molecule has 0 aliphatic carbocycles. The number of alkyl halides is 3. The van der Waals surface area contributed by atoms with Gasteiger partial charge in [-0.05, 0) is 23.9 Å². The zero-order valence-electron chi connectivity index (χ0n) is 8.04. The van der Waals surface area contributed by atoms with Gasteiger partial charge >= 0.3 is 12.1 Å². The number of aliphatic carboxylic acids is 1. The lowest BCUT2D eigenvalue weighted by Crippen LogP contribution is -2.21. The van der Waals surface area contributed by atoms with Gasteiger partial charge < -0.3 is 10.8 Å². The molecule has 16 heavy (non-hydrogen) atoms. The van der Waals surface area contributed by atoms with Gasteiger partial charge in [-0.25, -0.2) is 4.79 Å². The first-order chi connectivity index (χ1) is 7.16. The molecule has 0 aliphatic heterocycles. The van der Waals surface area contributed by atoms with E-state index in [0.29, 0.717) is 4.88 Å². The van der Waals surface area contributed by atoms with E-state index in [9.17, 15) is 18.0 Å². The number of carboxylic acid groups (broad SMARTS) is 1. The number of halogens is 3. The van der Waals surface area contributed by atoms with Gasteiger partial charge in [0.25, 0.3) is 5.91 Å². The van der Waals surface area contributed by atoms with Crippen molar-refractivity contribution in [1.29, 1.82) is 0 Å². The molecule has 1 heterocycles. The first kappa shape index (κ1) is 14.4. The summed E-state index contributed by atoms with van der Waals surface area (Å²) in [5.41, 5.74) is 6.00. The van der Waals surface area contributed by atoms with Gasteiger partial charge in [0, 0.05) is 0 Å². The van der Waals surface area contributed by atoms with Crippen molar-refractivity contribution in [3.8, 4) is 0 Å². The second-order valence-corrected chi connectivity index (χ2v) is 3.52. The summed E-state index contributed by atoms with van der Waals surface area (Å²) < 4.78 is 31.7. The van der Waals surface area contributed by atoms with E-state index in [1.165, 1.54) is 11.3 Å². The Kier molecular flexibility index (Phi) is 4.96. The highest BCUT2D eigenvalue weighted by atomic mass is 32.1. The molecule has 0 spiro atoms. The summed E-state index contributed by atoms with van der Waals surface area (Å²) in [5.74, 6) is -3.09.